The van der Waals surface area contributed by atoms with Crippen molar-refractivity contribution in [1.29, 1.82) is 0 Å². The summed E-state index contributed by atoms with van der Waals surface area (Å²) in [7, 11) is 1.46. The van der Waals surface area contributed by atoms with Gasteiger partial charge in [-0.1, -0.05) is 18.2 Å². The van der Waals surface area contributed by atoms with Gasteiger partial charge in [0.1, 0.15) is 11.5 Å². The fourth-order valence-corrected chi connectivity index (χ4v) is 4.82. The first-order chi connectivity index (χ1) is 18.3. The number of ether oxygens (including phenoxy) is 3. The number of imidazole rings is 1. The van der Waals surface area contributed by atoms with Gasteiger partial charge in [-0.15, -0.1) is 0 Å². The van der Waals surface area contributed by atoms with E-state index in [1.807, 2.05) is 53.1 Å². The third-order valence-electron chi connectivity index (χ3n) is 6.08. The maximum Gasteiger partial charge on any atom is 0.203 e. The number of nitrogens with one attached hydrogen (secondary N) is 1. The SMILES string of the molecule is COc1cc(Nc2cccc(-c3cnc4cc(-c5ccc(S(C)(=O)=O)cc5)ccn34)n2)cc(OC)c1OC. The zero-order chi connectivity index (χ0) is 26.9. The van der Waals surface area contributed by atoms with Crippen molar-refractivity contribution in [3.63, 3.8) is 0 Å². The van der Waals surface area contributed by atoms with Crippen molar-refractivity contribution >= 4 is 27.0 Å². The Morgan fingerprint density at radius 2 is 1.55 bits per heavy atom. The molecule has 0 fully saturated rings. The number of anilines is 2. The Hall–Kier alpha value is -4.57. The number of sulfone groups is 1. The van der Waals surface area contributed by atoms with Crippen molar-refractivity contribution in [2.24, 2.45) is 0 Å². The van der Waals surface area contributed by atoms with Gasteiger partial charge in [0.25, 0.3) is 0 Å². The third-order valence-corrected chi connectivity index (χ3v) is 7.21. The first-order valence-electron chi connectivity index (χ1n) is 11.6. The number of rotatable bonds is 8. The van der Waals surface area contributed by atoms with Crippen LogP contribution < -0.4 is 19.5 Å². The van der Waals surface area contributed by atoms with Crippen molar-refractivity contribution in [2.75, 3.05) is 32.9 Å². The van der Waals surface area contributed by atoms with Gasteiger partial charge in [0.15, 0.2) is 21.3 Å². The summed E-state index contributed by atoms with van der Waals surface area (Å²) >= 11 is 0. The van der Waals surface area contributed by atoms with Crippen molar-refractivity contribution in [2.45, 2.75) is 4.90 Å². The number of fused-ring (bicyclic) bond motifs is 1. The number of pyridine rings is 2. The average molecular weight is 531 g/mol. The number of hydrogen-bond donors (Lipinski definition) is 1. The molecule has 0 saturated carbocycles. The Balaban J connectivity index is 1.44. The zero-order valence-electron chi connectivity index (χ0n) is 21.3. The van der Waals surface area contributed by atoms with Crippen molar-refractivity contribution < 1.29 is 22.6 Å². The van der Waals surface area contributed by atoms with E-state index in [4.69, 9.17) is 19.2 Å². The lowest BCUT2D eigenvalue weighted by Crippen LogP contribution is -1.99. The second-order valence-corrected chi connectivity index (χ2v) is 10.5. The van der Waals surface area contributed by atoms with Crippen molar-refractivity contribution in [3.05, 3.63) is 79.1 Å². The minimum atomic E-state index is -3.24. The highest BCUT2D eigenvalue weighted by atomic mass is 32.2. The molecule has 1 N–H and O–H groups in total. The van der Waals surface area contributed by atoms with E-state index >= 15 is 0 Å². The van der Waals surface area contributed by atoms with Gasteiger partial charge in [-0.2, -0.15) is 0 Å². The lowest BCUT2D eigenvalue weighted by atomic mass is 10.1. The van der Waals surface area contributed by atoms with Crippen molar-refractivity contribution in [3.8, 4) is 39.8 Å². The molecule has 0 radical (unpaired) electrons. The van der Waals surface area contributed by atoms with Gasteiger partial charge in [0.2, 0.25) is 5.75 Å². The fourth-order valence-electron chi connectivity index (χ4n) is 4.19. The van der Waals surface area contributed by atoms with Crippen LogP contribution in [0.25, 0.3) is 28.2 Å². The zero-order valence-corrected chi connectivity index (χ0v) is 22.1. The summed E-state index contributed by atoms with van der Waals surface area (Å²) in [5, 5.41) is 3.30. The van der Waals surface area contributed by atoms with Crippen LogP contribution in [0.2, 0.25) is 0 Å². The largest absolute Gasteiger partial charge is 0.493 e. The molecular formula is C28H26N4O5S. The van der Waals surface area contributed by atoms with Gasteiger partial charge in [-0.3, -0.25) is 4.40 Å². The molecule has 0 unspecified atom stereocenters. The standard InChI is InChI=1S/C28H26N4O5S/c1-35-24-15-20(16-25(36-2)28(24)37-3)30-26-7-5-6-22(31-26)23-17-29-27-14-19(12-13-32(23)27)18-8-10-21(11-9-18)38(4,33)34/h5-17H,1-4H3,(H,30,31). The van der Waals surface area contributed by atoms with Crippen LogP contribution in [0.3, 0.4) is 0 Å². The lowest BCUT2D eigenvalue weighted by molar-refractivity contribution is 0.324. The molecule has 0 aliphatic rings. The Kier molecular flexibility index (Phi) is 6.64. The highest BCUT2D eigenvalue weighted by molar-refractivity contribution is 7.90. The molecule has 0 bridgehead atoms. The smallest absolute Gasteiger partial charge is 0.203 e. The molecule has 0 amide bonds. The van der Waals surface area contributed by atoms with Gasteiger partial charge >= 0.3 is 0 Å². The number of methoxy groups -OCH3 is 3. The molecule has 3 aromatic heterocycles. The summed E-state index contributed by atoms with van der Waals surface area (Å²) in [6, 6.07) is 20.1. The minimum absolute atomic E-state index is 0.288. The molecule has 0 saturated heterocycles. The molecule has 0 aliphatic carbocycles. The van der Waals surface area contributed by atoms with Crippen LogP contribution in [0.5, 0.6) is 17.2 Å². The predicted molar refractivity (Wildman–Crippen MR) is 146 cm³/mol. The second-order valence-electron chi connectivity index (χ2n) is 8.53. The predicted octanol–water partition coefficient (Wildman–Crippen LogP) is 5.24. The van der Waals surface area contributed by atoms with E-state index in [-0.39, 0.29) is 4.90 Å². The number of benzene rings is 2. The first-order valence-corrected chi connectivity index (χ1v) is 13.5. The number of nitrogens with zero attached hydrogens (tertiary/aromatic N) is 3. The summed E-state index contributed by atoms with van der Waals surface area (Å²) in [6.07, 6.45) is 4.90. The molecule has 2 aromatic carbocycles. The summed E-state index contributed by atoms with van der Waals surface area (Å²) in [5.41, 5.74) is 4.87. The van der Waals surface area contributed by atoms with Crippen LogP contribution in [0, 0.1) is 0 Å². The van der Waals surface area contributed by atoms with Crippen LogP contribution in [-0.4, -0.2) is 50.4 Å². The van der Waals surface area contributed by atoms with Crippen LogP contribution >= 0.6 is 0 Å². The minimum Gasteiger partial charge on any atom is -0.493 e. The van der Waals surface area contributed by atoms with Crippen LogP contribution in [0.1, 0.15) is 0 Å². The molecule has 9 nitrogen and oxygen atoms in total. The van der Waals surface area contributed by atoms with Crippen LogP contribution in [0.4, 0.5) is 11.5 Å². The van der Waals surface area contributed by atoms with E-state index in [2.05, 4.69) is 10.3 Å². The molecule has 0 atom stereocenters. The Morgan fingerprint density at radius 1 is 0.842 bits per heavy atom. The molecule has 38 heavy (non-hydrogen) atoms. The van der Waals surface area contributed by atoms with Gasteiger partial charge < -0.3 is 19.5 Å². The van der Waals surface area contributed by atoms with E-state index in [0.717, 1.165) is 33.8 Å². The third kappa shape index (κ3) is 4.85. The van der Waals surface area contributed by atoms with E-state index in [1.165, 1.54) is 6.26 Å². The summed E-state index contributed by atoms with van der Waals surface area (Å²) in [6.45, 7) is 0. The normalized spacial score (nSPS) is 11.4. The van der Waals surface area contributed by atoms with E-state index < -0.39 is 9.84 Å². The van der Waals surface area contributed by atoms with Gasteiger partial charge in [-0.05, 0) is 47.5 Å². The molecule has 3 heterocycles. The molecule has 5 rings (SSSR count). The topological polar surface area (TPSA) is 104 Å². The Labute approximate surface area is 220 Å². The highest BCUT2D eigenvalue weighted by Gasteiger charge is 2.15. The summed E-state index contributed by atoms with van der Waals surface area (Å²) in [4.78, 5) is 9.65. The molecule has 0 aliphatic heterocycles. The maximum absolute atomic E-state index is 11.8. The summed E-state index contributed by atoms with van der Waals surface area (Å²) in [5.74, 6) is 2.22. The monoisotopic (exact) mass is 530 g/mol. The molecule has 0 spiro atoms. The fraction of sp³-hybridized carbons (Fsp3) is 0.143. The quantitative estimate of drug-likeness (QED) is 0.291. The molecular weight excluding hydrogens is 504 g/mol. The molecule has 5 aromatic rings. The molecule has 194 valence electrons. The second kappa shape index (κ2) is 10.1. The highest BCUT2D eigenvalue weighted by Crippen LogP contribution is 2.40. The Morgan fingerprint density at radius 3 is 2.18 bits per heavy atom. The Bertz CT molecular complexity index is 1710. The van der Waals surface area contributed by atoms with Crippen molar-refractivity contribution in [1.82, 2.24) is 14.4 Å². The number of hydrogen-bond acceptors (Lipinski definition) is 8. The van der Waals surface area contributed by atoms with E-state index in [9.17, 15) is 8.42 Å². The number of aromatic nitrogens is 3. The lowest BCUT2D eigenvalue weighted by Gasteiger charge is -2.15. The first kappa shape index (κ1) is 25.1. The average Bonchev–Trinajstić information content (AvgIpc) is 3.35. The molecule has 10 heteroatoms. The van der Waals surface area contributed by atoms with Gasteiger partial charge in [-0.25, -0.2) is 18.4 Å². The van der Waals surface area contributed by atoms with Crippen LogP contribution in [0.15, 0.2) is 84.0 Å². The van der Waals surface area contributed by atoms with E-state index in [1.54, 1.807) is 51.8 Å². The van der Waals surface area contributed by atoms with Gasteiger partial charge in [0, 0.05) is 30.3 Å². The van der Waals surface area contributed by atoms with Gasteiger partial charge in [0.05, 0.1) is 43.8 Å². The maximum atomic E-state index is 11.8. The van der Waals surface area contributed by atoms with E-state index in [0.29, 0.717) is 23.1 Å². The van der Waals surface area contributed by atoms with Crippen LogP contribution in [-0.2, 0) is 9.84 Å². The summed E-state index contributed by atoms with van der Waals surface area (Å²) < 4.78 is 41.8.